The quantitative estimate of drug-likeness (QED) is 0.797. The molecule has 0 heterocycles. The average molecular weight is 283 g/mol. The van der Waals surface area contributed by atoms with Crippen LogP contribution in [-0.4, -0.2) is 23.6 Å². The van der Waals surface area contributed by atoms with Crippen LogP contribution in [0.4, 0.5) is 0 Å². The van der Waals surface area contributed by atoms with Crippen molar-refractivity contribution in [3.05, 3.63) is 29.3 Å². The highest BCUT2D eigenvalue weighted by molar-refractivity contribution is 7.84. The van der Waals surface area contributed by atoms with Crippen LogP contribution in [0.3, 0.4) is 0 Å². The van der Waals surface area contributed by atoms with Gasteiger partial charge in [0.2, 0.25) is 0 Å². The molecule has 0 saturated heterocycles. The molecule has 0 fully saturated rings. The number of nitrogens with one attached hydrogen (secondary N) is 1. The van der Waals surface area contributed by atoms with Crippen molar-refractivity contribution in [1.82, 2.24) is 5.32 Å². The largest absolute Gasteiger partial charge is 0.494 e. The fourth-order valence-corrected chi connectivity index (χ4v) is 3.09. The molecule has 19 heavy (non-hydrogen) atoms. The molecule has 0 bridgehead atoms. The SMILES string of the molecule is CCCS(=O)Cc1cc(C(C)NC)ccc1OCC. The average Bonchev–Trinajstić information content (AvgIpc) is 2.40. The minimum absolute atomic E-state index is 0.286. The van der Waals surface area contributed by atoms with Crippen molar-refractivity contribution in [2.75, 3.05) is 19.4 Å². The lowest BCUT2D eigenvalue weighted by Crippen LogP contribution is -2.13. The number of rotatable bonds is 8. The molecule has 0 radical (unpaired) electrons. The molecule has 1 N–H and O–H groups in total. The maximum atomic E-state index is 12.0. The summed E-state index contributed by atoms with van der Waals surface area (Å²) in [6.45, 7) is 6.77. The van der Waals surface area contributed by atoms with Crippen molar-refractivity contribution < 1.29 is 8.95 Å². The van der Waals surface area contributed by atoms with Crippen molar-refractivity contribution in [1.29, 1.82) is 0 Å². The number of ether oxygens (including phenoxy) is 1. The summed E-state index contributed by atoms with van der Waals surface area (Å²) in [4.78, 5) is 0. The summed E-state index contributed by atoms with van der Waals surface area (Å²) in [5, 5.41) is 3.22. The normalized spacial score (nSPS) is 14.1. The molecule has 1 aromatic rings. The number of hydrogen-bond acceptors (Lipinski definition) is 3. The van der Waals surface area contributed by atoms with E-state index < -0.39 is 10.8 Å². The van der Waals surface area contributed by atoms with Crippen LogP contribution in [0.15, 0.2) is 18.2 Å². The molecule has 3 nitrogen and oxygen atoms in total. The predicted molar refractivity (Wildman–Crippen MR) is 82.1 cm³/mol. The predicted octanol–water partition coefficient (Wildman–Crippen LogP) is 3.02. The fourth-order valence-electron chi connectivity index (χ4n) is 1.92. The van der Waals surface area contributed by atoms with Gasteiger partial charge < -0.3 is 10.1 Å². The molecule has 1 rings (SSSR count). The number of benzene rings is 1. The van der Waals surface area contributed by atoms with Gasteiger partial charge in [-0.05, 0) is 45.0 Å². The Bertz CT molecular complexity index is 421. The third-order valence-corrected chi connectivity index (χ3v) is 4.56. The van der Waals surface area contributed by atoms with E-state index in [0.29, 0.717) is 12.4 Å². The van der Waals surface area contributed by atoms with Gasteiger partial charge in [0, 0.05) is 28.2 Å². The van der Waals surface area contributed by atoms with Gasteiger partial charge in [0.05, 0.1) is 12.4 Å². The van der Waals surface area contributed by atoms with E-state index in [1.807, 2.05) is 20.0 Å². The summed E-state index contributed by atoms with van der Waals surface area (Å²) in [7, 11) is 1.13. The van der Waals surface area contributed by atoms with Crippen LogP contribution in [-0.2, 0) is 16.6 Å². The van der Waals surface area contributed by atoms with Gasteiger partial charge in [-0.1, -0.05) is 13.0 Å². The van der Waals surface area contributed by atoms with Crippen LogP contribution in [0.2, 0.25) is 0 Å². The van der Waals surface area contributed by atoms with E-state index in [-0.39, 0.29) is 6.04 Å². The lowest BCUT2D eigenvalue weighted by Gasteiger charge is -2.15. The lowest BCUT2D eigenvalue weighted by atomic mass is 10.1. The van der Waals surface area contributed by atoms with Crippen molar-refractivity contribution >= 4 is 10.8 Å². The molecule has 2 atom stereocenters. The van der Waals surface area contributed by atoms with Crippen LogP contribution in [0, 0.1) is 0 Å². The topological polar surface area (TPSA) is 38.3 Å². The van der Waals surface area contributed by atoms with E-state index >= 15 is 0 Å². The molecule has 0 aliphatic rings. The summed E-state index contributed by atoms with van der Waals surface area (Å²) >= 11 is 0. The van der Waals surface area contributed by atoms with E-state index in [2.05, 4.69) is 31.3 Å². The van der Waals surface area contributed by atoms with Gasteiger partial charge >= 0.3 is 0 Å². The molecular weight excluding hydrogens is 258 g/mol. The Hall–Kier alpha value is -0.870. The molecule has 0 aliphatic heterocycles. The van der Waals surface area contributed by atoms with Gasteiger partial charge in [-0.3, -0.25) is 4.21 Å². The Balaban J connectivity index is 2.97. The maximum absolute atomic E-state index is 12.0. The summed E-state index contributed by atoms with van der Waals surface area (Å²) < 4.78 is 17.6. The van der Waals surface area contributed by atoms with Crippen molar-refractivity contribution in [3.8, 4) is 5.75 Å². The Morgan fingerprint density at radius 1 is 1.37 bits per heavy atom. The highest BCUT2D eigenvalue weighted by Gasteiger charge is 2.11. The number of hydrogen-bond donors (Lipinski definition) is 1. The van der Waals surface area contributed by atoms with E-state index in [0.717, 1.165) is 23.5 Å². The standard InChI is InChI=1S/C15H25NO2S/c1-5-9-19(17)11-14-10-13(12(3)16-4)7-8-15(14)18-6-2/h7-8,10,12,16H,5-6,9,11H2,1-4H3. The van der Waals surface area contributed by atoms with Gasteiger partial charge in [-0.15, -0.1) is 0 Å². The van der Waals surface area contributed by atoms with Crippen molar-refractivity contribution in [2.45, 2.75) is 39.0 Å². The molecule has 0 saturated carbocycles. The third kappa shape index (κ3) is 4.96. The Morgan fingerprint density at radius 3 is 2.68 bits per heavy atom. The van der Waals surface area contributed by atoms with Crippen LogP contribution >= 0.6 is 0 Å². The van der Waals surface area contributed by atoms with Crippen molar-refractivity contribution in [2.24, 2.45) is 0 Å². The van der Waals surface area contributed by atoms with Crippen molar-refractivity contribution in [3.63, 3.8) is 0 Å². The molecule has 0 aliphatic carbocycles. The Morgan fingerprint density at radius 2 is 2.11 bits per heavy atom. The van der Waals surface area contributed by atoms with Crippen LogP contribution in [0.1, 0.15) is 44.4 Å². The monoisotopic (exact) mass is 283 g/mol. The summed E-state index contributed by atoms with van der Waals surface area (Å²) in [5.74, 6) is 2.18. The minimum atomic E-state index is -0.809. The van der Waals surface area contributed by atoms with E-state index in [4.69, 9.17) is 4.74 Å². The second-order valence-electron chi connectivity index (χ2n) is 4.60. The van der Waals surface area contributed by atoms with Crippen LogP contribution in [0.5, 0.6) is 5.75 Å². The minimum Gasteiger partial charge on any atom is -0.494 e. The van der Waals surface area contributed by atoms with Gasteiger partial charge in [-0.2, -0.15) is 0 Å². The first-order valence-corrected chi connectivity index (χ1v) is 8.39. The lowest BCUT2D eigenvalue weighted by molar-refractivity contribution is 0.337. The molecule has 0 spiro atoms. The first-order chi connectivity index (χ1) is 9.12. The van der Waals surface area contributed by atoms with Gasteiger partial charge in [0.25, 0.3) is 0 Å². The molecule has 2 unspecified atom stereocenters. The fraction of sp³-hybridized carbons (Fsp3) is 0.600. The zero-order valence-corrected chi connectivity index (χ0v) is 13.2. The molecule has 108 valence electrons. The van der Waals surface area contributed by atoms with E-state index in [1.165, 1.54) is 5.56 Å². The molecule has 1 aromatic carbocycles. The second-order valence-corrected chi connectivity index (χ2v) is 6.18. The summed E-state index contributed by atoms with van der Waals surface area (Å²) in [6.07, 6.45) is 0.948. The zero-order chi connectivity index (χ0) is 14.3. The third-order valence-electron chi connectivity index (χ3n) is 3.07. The van der Waals surface area contributed by atoms with Gasteiger partial charge in [0.15, 0.2) is 0 Å². The van der Waals surface area contributed by atoms with E-state index in [9.17, 15) is 4.21 Å². The summed E-state index contributed by atoms with van der Waals surface area (Å²) in [6, 6.07) is 6.46. The molecule has 4 heteroatoms. The zero-order valence-electron chi connectivity index (χ0n) is 12.4. The highest BCUT2D eigenvalue weighted by atomic mass is 32.2. The van der Waals surface area contributed by atoms with E-state index in [1.54, 1.807) is 0 Å². The Kier molecular flexibility index (Phi) is 7.10. The first kappa shape index (κ1) is 16.2. The highest BCUT2D eigenvalue weighted by Crippen LogP contribution is 2.25. The Labute approximate surface area is 119 Å². The first-order valence-electron chi connectivity index (χ1n) is 6.90. The molecular formula is C15H25NO2S. The van der Waals surface area contributed by atoms with Crippen LogP contribution in [0.25, 0.3) is 0 Å². The van der Waals surface area contributed by atoms with Gasteiger partial charge in [-0.25, -0.2) is 0 Å². The van der Waals surface area contributed by atoms with Gasteiger partial charge in [0.1, 0.15) is 5.75 Å². The second kappa shape index (κ2) is 8.33. The molecule has 0 amide bonds. The maximum Gasteiger partial charge on any atom is 0.123 e. The molecule has 0 aromatic heterocycles. The van der Waals surface area contributed by atoms with Crippen LogP contribution < -0.4 is 10.1 Å². The smallest absolute Gasteiger partial charge is 0.123 e. The summed E-state index contributed by atoms with van der Waals surface area (Å²) in [5.41, 5.74) is 2.25.